The third-order valence-electron chi connectivity index (χ3n) is 6.21. The molecule has 1 unspecified atom stereocenters. The molecule has 0 radical (unpaired) electrons. The minimum Gasteiger partial charge on any atom is -0.457 e. The van der Waals surface area contributed by atoms with Crippen molar-refractivity contribution in [1.82, 2.24) is 15.2 Å². The maximum atomic E-state index is 11.8. The fourth-order valence-corrected chi connectivity index (χ4v) is 4.30. The summed E-state index contributed by atoms with van der Waals surface area (Å²) >= 11 is 0. The molecule has 5 N–H and O–H groups in total. The van der Waals surface area contributed by atoms with E-state index in [2.05, 4.69) is 15.2 Å². The highest BCUT2D eigenvalue weighted by Gasteiger charge is 2.64. The molecule has 0 saturated heterocycles. The molecule has 2 aromatic carbocycles. The van der Waals surface area contributed by atoms with Crippen LogP contribution in [0.1, 0.15) is 23.5 Å². The van der Waals surface area contributed by atoms with Crippen molar-refractivity contribution >= 4 is 22.7 Å². The molecular weight excluding hydrogens is 406 g/mol. The van der Waals surface area contributed by atoms with Crippen LogP contribution in [0.25, 0.3) is 22.0 Å². The first-order valence-corrected chi connectivity index (χ1v) is 10.2. The van der Waals surface area contributed by atoms with Crippen LogP contribution in [0.15, 0.2) is 61.1 Å². The lowest BCUT2D eigenvalue weighted by atomic mass is 9.97. The summed E-state index contributed by atoms with van der Waals surface area (Å²) in [7, 11) is 0. The summed E-state index contributed by atoms with van der Waals surface area (Å²) in [6.45, 7) is 2.03. The number of nitrogens with zero attached hydrogens (tertiary/aromatic N) is 2. The number of pyridine rings is 1. The molecule has 1 saturated carbocycles. The molecule has 0 spiro atoms. The molecule has 0 bridgehead atoms. The van der Waals surface area contributed by atoms with Gasteiger partial charge in [0.2, 0.25) is 11.8 Å². The normalized spacial score (nSPS) is 16.6. The van der Waals surface area contributed by atoms with Gasteiger partial charge in [-0.2, -0.15) is 5.10 Å². The Morgan fingerprint density at radius 1 is 1.12 bits per heavy atom. The van der Waals surface area contributed by atoms with E-state index < -0.39 is 17.2 Å². The lowest BCUT2D eigenvalue weighted by Gasteiger charge is -2.12. The zero-order chi connectivity index (χ0) is 22.5. The molecule has 2 amide bonds. The summed E-state index contributed by atoms with van der Waals surface area (Å²) in [6, 6.07) is 13.2. The number of carbonyl (C=O) groups excluding carboxylic acids is 2. The zero-order valence-electron chi connectivity index (χ0n) is 17.3. The monoisotopic (exact) mass is 427 g/mol. The van der Waals surface area contributed by atoms with Gasteiger partial charge in [-0.1, -0.05) is 12.1 Å². The molecule has 0 aliphatic heterocycles. The molecule has 8 nitrogen and oxygen atoms in total. The molecule has 1 fully saturated rings. The van der Waals surface area contributed by atoms with Crippen LogP contribution in [-0.4, -0.2) is 27.0 Å². The Morgan fingerprint density at radius 3 is 2.50 bits per heavy atom. The summed E-state index contributed by atoms with van der Waals surface area (Å²) < 4.78 is 6.14. The van der Waals surface area contributed by atoms with Crippen LogP contribution < -0.4 is 16.2 Å². The maximum Gasteiger partial charge on any atom is 0.233 e. The van der Waals surface area contributed by atoms with Gasteiger partial charge < -0.3 is 16.2 Å². The van der Waals surface area contributed by atoms with E-state index in [9.17, 15) is 9.59 Å². The van der Waals surface area contributed by atoms with E-state index in [1.165, 1.54) is 0 Å². The van der Waals surface area contributed by atoms with Crippen molar-refractivity contribution in [2.45, 2.75) is 19.3 Å². The first-order valence-electron chi connectivity index (χ1n) is 10.2. The summed E-state index contributed by atoms with van der Waals surface area (Å²) in [5.74, 6) is -0.341. The number of fused-ring (bicyclic) bond motifs is 1. The van der Waals surface area contributed by atoms with Crippen molar-refractivity contribution in [3.63, 3.8) is 0 Å². The van der Waals surface area contributed by atoms with Crippen LogP contribution in [-0.2, 0) is 9.59 Å². The quantitative estimate of drug-likeness (QED) is 0.406. The van der Waals surface area contributed by atoms with Gasteiger partial charge in [-0.3, -0.25) is 19.7 Å². The summed E-state index contributed by atoms with van der Waals surface area (Å²) in [5.41, 5.74) is 14.3. The minimum atomic E-state index is -1.28. The van der Waals surface area contributed by atoms with Gasteiger partial charge in [-0.05, 0) is 60.4 Å². The molecule has 160 valence electrons. The third kappa shape index (κ3) is 3.08. The van der Waals surface area contributed by atoms with Gasteiger partial charge in [0.05, 0.1) is 11.7 Å². The number of benzene rings is 2. The van der Waals surface area contributed by atoms with Crippen molar-refractivity contribution in [2.75, 3.05) is 0 Å². The van der Waals surface area contributed by atoms with Gasteiger partial charge in [-0.15, -0.1) is 0 Å². The fourth-order valence-electron chi connectivity index (χ4n) is 4.30. The smallest absolute Gasteiger partial charge is 0.233 e. The van der Waals surface area contributed by atoms with Gasteiger partial charge in [-0.25, -0.2) is 0 Å². The summed E-state index contributed by atoms with van der Waals surface area (Å²) in [5, 5.41) is 7.75. The Labute approximate surface area is 183 Å². The molecular formula is C24H21N5O3. The Bertz CT molecular complexity index is 1330. The fraction of sp³-hybridized carbons (Fsp3) is 0.167. The number of hydrogen-bond donors (Lipinski definition) is 3. The highest BCUT2D eigenvalue weighted by atomic mass is 16.5. The lowest BCUT2D eigenvalue weighted by Crippen LogP contribution is -2.38. The number of nitrogens with two attached hydrogens (primary N) is 2. The number of rotatable bonds is 6. The van der Waals surface area contributed by atoms with E-state index in [1.807, 2.05) is 43.5 Å². The van der Waals surface area contributed by atoms with Crippen LogP contribution in [0.5, 0.6) is 11.5 Å². The number of aryl methyl sites for hydroxylation is 1. The number of nitrogens with one attached hydrogen (secondary N) is 1. The predicted molar refractivity (Wildman–Crippen MR) is 119 cm³/mol. The predicted octanol–water partition coefficient (Wildman–Crippen LogP) is 3.17. The summed E-state index contributed by atoms with van der Waals surface area (Å²) in [4.78, 5) is 28.0. The van der Waals surface area contributed by atoms with Crippen molar-refractivity contribution in [3.05, 3.63) is 72.2 Å². The van der Waals surface area contributed by atoms with Gasteiger partial charge in [0.15, 0.2) is 0 Å². The van der Waals surface area contributed by atoms with Gasteiger partial charge in [0, 0.05) is 29.3 Å². The first-order chi connectivity index (χ1) is 15.4. The van der Waals surface area contributed by atoms with Crippen LogP contribution in [0.4, 0.5) is 0 Å². The van der Waals surface area contributed by atoms with Crippen LogP contribution in [0.2, 0.25) is 0 Å². The molecule has 1 aliphatic rings. The lowest BCUT2D eigenvalue weighted by molar-refractivity contribution is -0.133. The first kappa shape index (κ1) is 19.7. The number of hydrogen-bond acceptors (Lipinski definition) is 5. The maximum absolute atomic E-state index is 11.8. The Balaban J connectivity index is 1.42. The van der Waals surface area contributed by atoms with E-state index in [-0.39, 0.29) is 5.92 Å². The standard InChI is InChI=1S/C24H21N5O3/c1-13-8-18-20(9-17(13)15-11-28-29-12-15)27-7-6-21(18)32-16-4-2-14(3-5-16)19-10-24(19,22(25)30)23(26)31/h2-9,11-12,19H,10H2,1H3,(H2,25,30)(H2,26,31)(H,28,29). The third-order valence-corrected chi connectivity index (χ3v) is 6.21. The van der Waals surface area contributed by atoms with Crippen LogP contribution >= 0.6 is 0 Å². The number of primary amides is 2. The molecule has 5 rings (SSSR count). The zero-order valence-corrected chi connectivity index (χ0v) is 17.3. The molecule has 2 heterocycles. The Morgan fingerprint density at radius 2 is 1.88 bits per heavy atom. The number of aromatic amines is 1. The molecule has 1 aliphatic carbocycles. The van der Waals surface area contributed by atoms with E-state index in [0.29, 0.717) is 17.9 Å². The number of carbonyl (C=O) groups is 2. The molecule has 8 heteroatoms. The average molecular weight is 427 g/mol. The van der Waals surface area contributed by atoms with E-state index in [0.717, 1.165) is 33.2 Å². The van der Waals surface area contributed by atoms with Crippen molar-refractivity contribution in [3.8, 4) is 22.6 Å². The largest absolute Gasteiger partial charge is 0.457 e. The minimum absolute atomic E-state index is 0.294. The SMILES string of the molecule is Cc1cc2c(Oc3ccc(C4CC4(C(N)=O)C(N)=O)cc3)ccnc2cc1-c1cn[nH]c1. The second-order valence-electron chi connectivity index (χ2n) is 8.11. The van der Waals surface area contributed by atoms with Crippen molar-refractivity contribution in [1.29, 1.82) is 0 Å². The second kappa shape index (κ2) is 7.19. The average Bonchev–Trinajstić information content (AvgIpc) is 3.33. The van der Waals surface area contributed by atoms with Gasteiger partial charge >= 0.3 is 0 Å². The van der Waals surface area contributed by atoms with Gasteiger partial charge in [0.25, 0.3) is 0 Å². The van der Waals surface area contributed by atoms with Crippen molar-refractivity contribution < 1.29 is 14.3 Å². The van der Waals surface area contributed by atoms with E-state index in [1.54, 1.807) is 24.5 Å². The summed E-state index contributed by atoms with van der Waals surface area (Å²) in [6.07, 6.45) is 5.67. The number of amides is 2. The van der Waals surface area contributed by atoms with Crippen molar-refractivity contribution in [2.24, 2.45) is 16.9 Å². The number of ether oxygens (including phenoxy) is 1. The van der Waals surface area contributed by atoms with Crippen LogP contribution in [0, 0.1) is 12.3 Å². The molecule has 1 atom stereocenters. The molecule has 32 heavy (non-hydrogen) atoms. The van der Waals surface area contributed by atoms with Crippen LogP contribution in [0.3, 0.4) is 0 Å². The topological polar surface area (TPSA) is 137 Å². The molecule has 4 aromatic rings. The van der Waals surface area contributed by atoms with E-state index in [4.69, 9.17) is 16.2 Å². The number of H-pyrrole nitrogens is 1. The Hall–Kier alpha value is -4.20. The second-order valence-corrected chi connectivity index (χ2v) is 8.11. The molecule has 2 aromatic heterocycles. The highest BCUT2D eigenvalue weighted by Crippen LogP contribution is 2.59. The number of aromatic nitrogens is 3. The Kier molecular flexibility index (Phi) is 4.44. The highest BCUT2D eigenvalue weighted by molar-refractivity contribution is 6.08. The van der Waals surface area contributed by atoms with E-state index >= 15 is 0 Å². The van der Waals surface area contributed by atoms with Gasteiger partial charge in [0.1, 0.15) is 16.9 Å².